The van der Waals surface area contributed by atoms with Crippen molar-refractivity contribution in [3.8, 4) is 0 Å². The van der Waals surface area contributed by atoms with E-state index in [2.05, 4.69) is 62.5 Å². The fourth-order valence-electron chi connectivity index (χ4n) is 8.56. The first-order valence-electron chi connectivity index (χ1n) is 27.7. The van der Waals surface area contributed by atoms with Crippen LogP contribution in [0.2, 0.25) is 0 Å². The second-order valence-corrected chi connectivity index (χ2v) is 19.0. The Hall–Kier alpha value is -1.92. The lowest BCUT2D eigenvalue weighted by Gasteiger charge is -2.24. The topological polar surface area (TPSA) is 95.9 Å². The van der Waals surface area contributed by atoms with Crippen LogP contribution in [-0.4, -0.2) is 46.9 Å². The summed E-state index contributed by atoms with van der Waals surface area (Å²) in [6, 6.07) is -0.711. The van der Waals surface area contributed by atoms with Crippen LogP contribution in [0.4, 0.5) is 0 Å². The summed E-state index contributed by atoms with van der Waals surface area (Å²) < 4.78 is 5.93. The molecule has 0 aliphatic carbocycles. The van der Waals surface area contributed by atoms with E-state index >= 15 is 0 Å². The van der Waals surface area contributed by atoms with Crippen LogP contribution in [0.25, 0.3) is 0 Å². The zero-order valence-electron chi connectivity index (χ0n) is 42.2. The smallest absolute Gasteiger partial charge is 0.306 e. The molecule has 0 spiro atoms. The maximum atomic E-state index is 13.2. The normalized spacial score (nSPS) is 13.4. The van der Waals surface area contributed by atoms with Crippen LogP contribution in [0, 0.1) is 0 Å². The number of hydrogen-bond donors (Lipinski definition) is 3. The summed E-state index contributed by atoms with van der Waals surface area (Å²) in [6.45, 7) is 6.38. The second kappa shape index (κ2) is 51.1. The number of aliphatic hydroxyl groups is 2. The zero-order chi connectivity index (χ0) is 45.9. The highest BCUT2D eigenvalue weighted by Gasteiger charge is 2.24. The molecule has 3 atom stereocenters. The molecule has 0 fully saturated rings. The molecule has 3 unspecified atom stereocenters. The molecule has 0 aromatic rings. The van der Waals surface area contributed by atoms with E-state index in [4.69, 9.17) is 4.74 Å². The minimum atomic E-state index is -0.795. The minimum absolute atomic E-state index is 0.0556. The van der Waals surface area contributed by atoms with Crippen molar-refractivity contribution in [3.05, 3.63) is 36.5 Å². The highest BCUT2D eigenvalue weighted by molar-refractivity contribution is 5.77. The lowest BCUT2D eigenvalue weighted by molar-refractivity contribution is -0.151. The highest BCUT2D eigenvalue weighted by Crippen LogP contribution is 2.18. The molecule has 0 aliphatic rings. The second-order valence-electron chi connectivity index (χ2n) is 19.0. The van der Waals surface area contributed by atoms with Crippen LogP contribution in [0.15, 0.2) is 36.5 Å². The molecule has 6 nitrogen and oxygen atoms in total. The number of ether oxygens (including phenoxy) is 1. The lowest BCUT2D eigenvalue weighted by atomic mass is 10.0. The van der Waals surface area contributed by atoms with E-state index in [1.165, 1.54) is 167 Å². The van der Waals surface area contributed by atoms with Gasteiger partial charge in [-0.25, -0.2) is 0 Å². The van der Waals surface area contributed by atoms with E-state index in [0.717, 1.165) is 77.0 Å². The molecule has 0 saturated heterocycles. The Morgan fingerprint density at radius 2 is 0.857 bits per heavy atom. The van der Waals surface area contributed by atoms with E-state index in [0.29, 0.717) is 19.3 Å². The molecule has 3 N–H and O–H groups in total. The predicted molar refractivity (Wildman–Crippen MR) is 273 cm³/mol. The first kappa shape index (κ1) is 61.1. The Balaban J connectivity index is 4.49. The van der Waals surface area contributed by atoms with Crippen molar-refractivity contribution in [3.63, 3.8) is 0 Å². The number of aliphatic hydroxyl groups excluding tert-OH is 2. The van der Waals surface area contributed by atoms with E-state index in [1.807, 2.05) is 0 Å². The third-order valence-corrected chi connectivity index (χ3v) is 12.7. The third kappa shape index (κ3) is 46.4. The standard InChI is InChI=1S/C57H107NO5/c1-4-7-10-13-16-19-22-25-26-27-28-29-30-32-35-38-41-44-47-50-57(62)63-53(48-45-42-39-36-33-24-21-18-15-12-9-6-3)51-56(61)58-54(52-59)55(60)49-46-43-40-37-34-31-23-20-17-14-11-8-5-2/h9,12,18,21,33,36,53-55,59-60H,4-8,10-11,13-17,19-20,22-32,34-35,37-52H2,1-3H3,(H,58,61)/b12-9+,21-18+,36-33+. The monoisotopic (exact) mass is 886 g/mol. The summed E-state index contributed by atoms with van der Waals surface area (Å²) in [5.41, 5.74) is 0. The molecular weight excluding hydrogens is 779 g/mol. The van der Waals surface area contributed by atoms with Crippen LogP contribution >= 0.6 is 0 Å². The fraction of sp³-hybridized carbons (Fsp3) is 0.860. The number of carbonyl (C=O) groups excluding carboxylic acids is 2. The number of nitrogens with one attached hydrogen (secondary N) is 1. The third-order valence-electron chi connectivity index (χ3n) is 12.7. The van der Waals surface area contributed by atoms with Gasteiger partial charge in [-0.2, -0.15) is 0 Å². The molecule has 0 aliphatic heterocycles. The van der Waals surface area contributed by atoms with Gasteiger partial charge in [0.15, 0.2) is 0 Å². The van der Waals surface area contributed by atoms with Crippen molar-refractivity contribution in [2.45, 2.75) is 309 Å². The summed E-state index contributed by atoms with van der Waals surface area (Å²) in [4.78, 5) is 26.2. The van der Waals surface area contributed by atoms with E-state index < -0.39 is 18.2 Å². The van der Waals surface area contributed by atoms with Crippen LogP contribution in [0.5, 0.6) is 0 Å². The van der Waals surface area contributed by atoms with Gasteiger partial charge in [-0.1, -0.05) is 256 Å². The van der Waals surface area contributed by atoms with Crippen molar-refractivity contribution in [2.24, 2.45) is 0 Å². The molecular formula is C57H107NO5. The van der Waals surface area contributed by atoms with Crippen molar-refractivity contribution in [1.82, 2.24) is 5.32 Å². The zero-order valence-corrected chi connectivity index (χ0v) is 42.2. The summed E-state index contributed by atoms with van der Waals surface area (Å²) in [7, 11) is 0. The fourth-order valence-corrected chi connectivity index (χ4v) is 8.56. The maximum Gasteiger partial charge on any atom is 0.306 e. The van der Waals surface area contributed by atoms with Gasteiger partial charge >= 0.3 is 5.97 Å². The first-order chi connectivity index (χ1) is 31.0. The van der Waals surface area contributed by atoms with Gasteiger partial charge in [0.05, 0.1) is 25.2 Å². The van der Waals surface area contributed by atoms with Gasteiger partial charge in [0.2, 0.25) is 5.91 Å². The number of hydrogen-bond acceptors (Lipinski definition) is 5. The summed E-state index contributed by atoms with van der Waals surface area (Å²) in [5.74, 6) is -0.499. The van der Waals surface area contributed by atoms with Crippen LogP contribution in [-0.2, 0) is 14.3 Å². The van der Waals surface area contributed by atoms with Crippen molar-refractivity contribution < 1.29 is 24.5 Å². The highest BCUT2D eigenvalue weighted by atomic mass is 16.5. The van der Waals surface area contributed by atoms with Gasteiger partial charge in [0, 0.05) is 6.42 Å². The van der Waals surface area contributed by atoms with Crippen LogP contribution in [0.1, 0.15) is 290 Å². The van der Waals surface area contributed by atoms with Gasteiger partial charge < -0.3 is 20.3 Å². The Morgan fingerprint density at radius 1 is 0.476 bits per heavy atom. The molecule has 370 valence electrons. The molecule has 63 heavy (non-hydrogen) atoms. The maximum absolute atomic E-state index is 13.2. The summed E-state index contributed by atoms with van der Waals surface area (Å²) in [6.07, 6.45) is 60.8. The summed E-state index contributed by atoms with van der Waals surface area (Å²) in [5, 5.41) is 23.8. The van der Waals surface area contributed by atoms with E-state index in [-0.39, 0.29) is 24.9 Å². The largest absolute Gasteiger partial charge is 0.462 e. The average molecular weight is 886 g/mol. The molecule has 0 heterocycles. The van der Waals surface area contributed by atoms with Gasteiger partial charge in [-0.3, -0.25) is 9.59 Å². The van der Waals surface area contributed by atoms with Gasteiger partial charge in [-0.15, -0.1) is 0 Å². The molecule has 0 radical (unpaired) electrons. The lowest BCUT2D eigenvalue weighted by Crippen LogP contribution is -2.46. The molecule has 0 aromatic carbocycles. The van der Waals surface area contributed by atoms with Crippen LogP contribution in [0.3, 0.4) is 0 Å². The molecule has 0 bridgehead atoms. The molecule has 0 rings (SSSR count). The van der Waals surface area contributed by atoms with Gasteiger partial charge in [0.25, 0.3) is 0 Å². The van der Waals surface area contributed by atoms with Crippen molar-refractivity contribution in [2.75, 3.05) is 6.61 Å². The molecule has 0 saturated carbocycles. The molecule has 0 aromatic heterocycles. The SMILES string of the molecule is CC/C=C/C/C=C/C/C=C/CCCCC(CC(=O)NC(CO)C(O)CCCCCCCCCCCCCCC)OC(=O)CCCCCCCCCCCCCCCCCCCCC. The number of rotatable bonds is 50. The molecule has 1 amide bonds. The molecule has 6 heteroatoms. The van der Waals surface area contributed by atoms with E-state index in [1.54, 1.807) is 0 Å². The minimum Gasteiger partial charge on any atom is -0.462 e. The Labute approximate surface area is 392 Å². The number of amides is 1. The van der Waals surface area contributed by atoms with Crippen molar-refractivity contribution in [1.29, 1.82) is 0 Å². The number of carbonyl (C=O) groups is 2. The Kier molecular flexibility index (Phi) is 49.5. The number of esters is 1. The Bertz CT molecular complexity index is 1040. The van der Waals surface area contributed by atoms with Gasteiger partial charge in [0.1, 0.15) is 6.10 Å². The summed E-state index contributed by atoms with van der Waals surface area (Å²) >= 11 is 0. The number of allylic oxidation sites excluding steroid dienone is 6. The first-order valence-corrected chi connectivity index (χ1v) is 27.7. The average Bonchev–Trinajstić information content (AvgIpc) is 3.28. The van der Waals surface area contributed by atoms with Crippen LogP contribution < -0.4 is 5.32 Å². The Morgan fingerprint density at radius 3 is 1.29 bits per heavy atom. The number of unbranched alkanes of at least 4 members (excludes halogenated alkanes) is 32. The van der Waals surface area contributed by atoms with Crippen molar-refractivity contribution >= 4 is 11.9 Å². The quantitative estimate of drug-likeness (QED) is 0.0321. The van der Waals surface area contributed by atoms with E-state index in [9.17, 15) is 19.8 Å². The van der Waals surface area contributed by atoms with Gasteiger partial charge in [-0.05, 0) is 57.8 Å². The predicted octanol–water partition coefficient (Wildman–Crippen LogP) is 16.8.